The van der Waals surface area contributed by atoms with Gasteiger partial charge in [-0.15, -0.1) is 11.8 Å². The molecule has 2 aromatic rings. The van der Waals surface area contributed by atoms with Gasteiger partial charge in [0.2, 0.25) is 0 Å². The van der Waals surface area contributed by atoms with E-state index in [0.717, 1.165) is 16.2 Å². The van der Waals surface area contributed by atoms with Gasteiger partial charge in [-0.3, -0.25) is 4.98 Å². The average molecular weight is 274 g/mol. The Kier molecular flexibility index (Phi) is 4.82. The van der Waals surface area contributed by atoms with Crippen LogP contribution in [-0.4, -0.2) is 17.3 Å². The zero-order valence-corrected chi connectivity index (χ0v) is 11.9. The van der Waals surface area contributed by atoms with Crippen molar-refractivity contribution in [2.45, 2.75) is 24.0 Å². The zero-order valence-electron chi connectivity index (χ0n) is 11.1. The standard InChI is InChI=1S/C15H18N2OS/c1-11(16)15(12-7-9-17-10-8-12)18-13-5-3-4-6-14(13)19-2/h3-11,15H,16H2,1-2H3. The number of ether oxygens (including phenoxy) is 1. The summed E-state index contributed by atoms with van der Waals surface area (Å²) in [6, 6.07) is 11.8. The fourth-order valence-electron chi connectivity index (χ4n) is 1.89. The Hall–Kier alpha value is -1.52. The van der Waals surface area contributed by atoms with E-state index in [1.807, 2.05) is 49.6 Å². The predicted octanol–water partition coefficient (Wildman–Crippen LogP) is 3.27. The number of hydrogen-bond acceptors (Lipinski definition) is 4. The first-order valence-corrected chi connectivity index (χ1v) is 7.40. The van der Waals surface area contributed by atoms with E-state index in [4.69, 9.17) is 10.5 Å². The van der Waals surface area contributed by atoms with Crippen molar-refractivity contribution < 1.29 is 4.74 Å². The van der Waals surface area contributed by atoms with E-state index in [-0.39, 0.29) is 12.1 Å². The molecule has 0 amide bonds. The lowest BCUT2D eigenvalue weighted by Crippen LogP contribution is -2.29. The van der Waals surface area contributed by atoms with Crippen molar-refractivity contribution in [2.75, 3.05) is 6.26 Å². The molecule has 0 saturated heterocycles. The van der Waals surface area contributed by atoms with Crippen LogP contribution in [0, 0.1) is 0 Å². The van der Waals surface area contributed by atoms with Gasteiger partial charge in [0.25, 0.3) is 0 Å². The van der Waals surface area contributed by atoms with Crippen molar-refractivity contribution in [1.29, 1.82) is 0 Å². The Morgan fingerprint density at radius 3 is 2.47 bits per heavy atom. The Morgan fingerprint density at radius 2 is 1.84 bits per heavy atom. The summed E-state index contributed by atoms with van der Waals surface area (Å²) in [5, 5.41) is 0. The van der Waals surface area contributed by atoms with Crippen molar-refractivity contribution in [3.8, 4) is 5.75 Å². The van der Waals surface area contributed by atoms with Crippen LogP contribution >= 0.6 is 11.8 Å². The maximum atomic E-state index is 6.11. The fraction of sp³-hybridized carbons (Fsp3) is 0.267. The second-order valence-corrected chi connectivity index (χ2v) is 5.18. The molecule has 0 radical (unpaired) electrons. The third-order valence-electron chi connectivity index (χ3n) is 2.84. The summed E-state index contributed by atoms with van der Waals surface area (Å²) in [6.45, 7) is 1.95. The van der Waals surface area contributed by atoms with Gasteiger partial charge in [-0.05, 0) is 43.0 Å². The summed E-state index contributed by atoms with van der Waals surface area (Å²) >= 11 is 1.67. The van der Waals surface area contributed by atoms with Crippen LogP contribution in [0.5, 0.6) is 5.75 Å². The van der Waals surface area contributed by atoms with E-state index in [1.165, 1.54) is 0 Å². The molecule has 2 atom stereocenters. The second-order valence-electron chi connectivity index (χ2n) is 4.33. The largest absolute Gasteiger partial charge is 0.483 e. The molecule has 0 spiro atoms. The summed E-state index contributed by atoms with van der Waals surface area (Å²) in [6.07, 6.45) is 5.38. The highest BCUT2D eigenvalue weighted by atomic mass is 32.2. The van der Waals surface area contributed by atoms with Crippen molar-refractivity contribution in [3.05, 3.63) is 54.4 Å². The molecule has 3 nitrogen and oxygen atoms in total. The topological polar surface area (TPSA) is 48.1 Å². The molecule has 0 aliphatic carbocycles. The molecule has 4 heteroatoms. The van der Waals surface area contributed by atoms with Crippen molar-refractivity contribution in [3.63, 3.8) is 0 Å². The quantitative estimate of drug-likeness (QED) is 0.850. The van der Waals surface area contributed by atoms with E-state index in [1.54, 1.807) is 24.2 Å². The molecule has 2 unspecified atom stereocenters. The number of hydrogen-bond donors (Lipinski definition) is 1. The molecule has 19 heavy (non-hydrogen) atoms. The summed E-state index contributed by atoms with van der Waals surface area (Å²) in [5.41, 5.74) is 7.10. The molecule has 0 bridgehead atoms. The Balaban J connectivity index is 2.27. The SMILES string of the molecule is CSc1ccccc1OC(c1ccncc1)C(C)N. The van der Waals surface area contributed by atoms with Gasteiger partial charge in [-0.1, -0.05) is 12.1 Å². The second kappa shape index (κ2) is 6.59. The van der Waals surface area contributed by atoms with Gasteiger partial charge < -0.3 is 10.5 Å². The molecule has 0 saturated carbocycles. The lowest BCUT2D eigenvalue weighted by molar-refractivity contribution is 0.176. The molecule has 0 aliphatic rings. The van der Waals surface area contributed by atoms with Crippen LogP contribution in [0.3, 0.4) is 0 Å². The molecule has 1 aromatic heterocycles. The Bertz CT molecular complexity index is 517. The number of nitrogens with zero attached hydrogens (tertiary/aromatic N) is 1. The molecule has 0 fully saturated rings. The van der Waals surface area contributed by atoms with Gasteiger partial charge in [0.1, 0.15) is 11.9 Å². The molecular weight excluding hydrogens is 256 g/mol. The summed E-state index contributed by atoms with van der Waals surface area (Å²) in [4.78, 5) is 5.14. The van der Waals surface area contributed by atoms with Crippen LogP contribution in [0.2, 0.25) is 0 Å². The lowest BCUT2D eigenvalue weighted by atomic mass is 10.1. The highest BCUT2D eigenvalue weighted by Gasteiger charge is 2.19. The summed E-state index contributed by atoms with van der Waals surface area (Å²) in [5.74, 6) is 0.870. The fourth-order valence-corrected chi connectivity index (χ4v) is 2.42. The van der Waals surface area contributed by atoms with Gasteiger partial charge >= 0.3 is 0 Å². The van der Waals surface area contributed by atoms with Gasteiger partial charge in [-0.25, -0.2) is 0 Å². The minimum atomic E-state index is -0.170. The zero-order chi connectivity index (χ0) is 13.7. The average Bonchev–Trinajstić information content (AvgIpc) is 2.45. The molecule has 0 aliphatic heterocycles. The Labute approximate surface area is 118 Å². The summed E-state index contributed by atoms with van der Waals surface area (Å²) in [7, 11) is 0. The number of para-hydroxylation sites is 1. The van der Waals surface area contributed by atoms with E-state index in [9.17, 15) is 0 Å². The van der Waals surface area contributed by atoms with Crippen LogP contribution in [0.4, 0.5) is 0 Å². The molecule has 1 aromatic carbocycles. The van der Waals surface area contributed by atoms with Crippen LogP contribution in [0.1, 0.15) is 18.6 Å². The normalized spacial score (nSPS) is 13.8. The van der Waals surface area contributed by atoms with E-state index in [2.05, 4.69) is 4.98 Å². The van der Waals surface area contributed by atoms with Gasteiger partial charge in [0, 0.05) is 23.3 Å². The highest BCUT2D eigenvalue weighted by Crippen LogP contribution is 2.31. The molecule has 1 heterocycles. The first-order chi connectivity index (χ1) is 9.22. The van der Waals surface area contributed by atoms with Crippen LogP contribution < -0.4 is 10.5 Å². The predicted molar refractivity (Wildman–Crippen MR) is 79.5 cm³/mol. The molecule has 2 rings (SSSR count). The molecule has 2 N–H and O–H groups in total. The number of nitrogens with two attached hydrogens (primary N) is 1. The Morgan fingerprint density at radius 1 is 1.16 bits per heavy atom. The van der Waals surface area contributed by atoms with Gasteiger partial charge in [-0.2, -0.15) is 0 Å². The van der Waals surface area contributed by atoms with E-state index < -0.39 is 0 Å². The molecular formula is C15H18N2OS. The van der Waals surface area contributed by atoms with Crippen molar-refractivity contribution in [2.24, 2.45) is 5.73 Å². The third kappa shape index (κ3) is 3.49. The maximum absolute atomic E-state index is 6.11. The number of pyridine rings is 1. The van der Waals surface area contributed by atoms with Crippen LogP contribution in [0.15, 0.2) is 53.7 Å². The maximum Gasteiger partial charge on any atom is 0.139 e. The van der Waals surface area contributed by atoms with E-state index in [0.29, 0.717) is 0 Å². The smallest absolute Gasteiger partial charge is 0.139 e. The number of benzene rings is 1. The highest BCUT2D eigenvalue weighted by molar-refractivity contribution is 7.98. The lowest BCUT2D eigenvalue weighted by Gasteiger charge is -2.24. The first-order valence-electron chi connectivity index (χ1n) is 6.17. The van der Waals surface area contributed by atoms with Gasteiger partial charge in [0.15, 0.2) is 0 Å². The van der Waals surface area contributed by atoms with E-state index >= 15 is 0 Å². The molecule has 100 valence electrons. The summed E-state index contributed by atoms with van der Waals surface area (Å²) < 4.78 is 6.11. The number of thioether (sulfide) groups is 1. The number of aromatic nitrogens is 1. The first kappa shape index (κ1) is 13.9. The van der Waals surface area contributed by atoms with Crippen molar-refractivity contribution in [1.82, 2.24) is 4.98 Å². The van der Waals surface area contributed by atoms with Crippen molar-refractivity contribution >= 4 is 11.8 Å². The van der Waals surface area contributed by atoms with Crippen LogP contribution in [-0.2, 0) is 0 Å². The third-order valence-corrected chi connectivity index (χ3v) is 3.61. The van der Waals surface area contributed by atoms with Crippen LogP contribution in [0.25, 0.3) is 0 Å². The minimum absolute atomic E-state index is 0.0997. The van der Waals surface area contributed by atoms with Gasteiger partial charge in [0.05, 0.1) is 0 Å². The number of rotatable bonds is 5. The minimum Gasteiger partial charge on any atom is -0.483 e. The monoisotopic (exact) mass is 274 g/mol.